The van der Waals surface area contributed by atoms with Crippen molar-refractivity contribution in [3.05, 3.63) is 30.3 Å². The Kier molecular flexibility index (Phi) is 4.53. The van der Waals surface area contributed by atoms with Gasteiger partial charge in [0.25, 0.3) is 0 Å². The Hall–Kier alpha value is -0.960. The molecule has 0 fully saturated rings. The molecule has 0 heterocycles. The fraction of sp³-hybridized carbons (Fsp3) is 0.364. The Morgan fingerprint density at radius 2 is 2.00 bits per heavy atom. The van der Waals surface area contributed by atoms with Crippen LogP contribution in [0.25, 0.3) is 0 Å². The monoisotopic (exact) mass is 209 g/mol. The van der Waals surface area contributed by atoms with Crippen molar-refractivity contribution in [1.29, 1.82) is 0 Å². The molecule has 0 unspecified atom stereocenters. The van der Waals surface area contributed by atoms with Crippen molar-refractivity contribution in [3.8, 4) is 0 Å². The number of carbonyl (C=O) groups is 1. The zero-order valence-electron chi connectivity index (χ0n) is 8.56. The van der Waals surface area contributed by atoms with Gasteiger partial charge in [-0.2, -0.15) is 11.8 Å². The van der Waals surface area contributed by atoms with Gasteiger partial charge in [-0.25, -0.2) is 0 Å². The minimum Gasteiger partial charge on any atom is -0.312 e. The third kappa shape index (κ3) is 3.07. The maximum Gasteiger partial charge on any atom is 0.223 e. The van der Waals surface area contributed by atoms with Gasteiger partial charge in [-0.15, -0.1) is 0 Å². The van der Waals surface area contributed by atoms with Crippen molar-refractivity contribution in [2.45, 2.75) is 6.92 Å². The van der Waals surface area contributed by atoms with Crippen LogP contribution in [0.2, 0.25) is 0 Å². The average Bonchev–Trinajstić information content (AvgIpc) is 2.19. The number of carbonyl (C=O) groups excluding carboxylic acids is 1. The molecule has 0 aliphatic carbocycles. The fourth-order valence-corrected chi connectivity index (χ4v) is 1.62. The van der Waals surface area contributed by atoms with E-state index in [4.69, 9.17) is 0 Å². The van der Waals surface area contributed by atoms with Gasteiger partial charge in [0.05, 0.1) is 0 Å². The van der Waals surface area contributed by atoms with Crippen LogP contribution >= 0.6 is 11.8 Å². The van der Waals surface area contributed by atoms with Gasteiger partial charge in [0, 0.05) is 24.9 Å². The van der Waals surface area contributed by atoms with Crippen molar-refractivity contribution in [2.24, 2.45) is 0 Å². The molecule has 1 rings (SSSR count). The molecule has 0 saturated heterocycles. The number of hydrogen-bond acceptors (Lipinski definition) is 2. The van der Waals surface area contributed by atoms with Crippen molar-refractivity contribution >= 4 is 23.4 Å². The molecule has 1 amide bonds. The highest BCUT2D eigenvalue weighted by Gasteiger charge is 2.09. The first-order valence-corrected chi connectivity index (χ1v) is 5.97. The van der Waals surface area contributed by atoms with Crippen LogP contribution in [0.5, 0.6) is 0 Å². The van der Waals surface area contributed by atoms with Crippen molar-refractivity contribution in [2.75, 3.05) is 23.5 Å². The first kappa shape index (κ1) is 11.1. The summed E-state index contributed by atoms with van der Waals surface area (Å²) in [5.41, 5.74) is 0.981. The van der Waals surface area contributed by atoms with Gasteiger partial charge < -0.3 is 4.90 Å². The molecule has 0 bridgehead atoms. The predicted molar refractivity (Wildman–Crippen MR) is 62.9 cm³/mol. The highest BCUT2D eigenvalue weighted by Crippen LogP contribution is 2.13. The van der Waals surface area contributed by atoms with Crippen LogP contribution in [-0.4, -0.2) is 24.5 Å². The van der Waals surface area contributed by atoms with Crippen molar-refractivity contribution in [3.63, 3.8) is 0 Å². The number of thioether (sulfide) groups is 1. The highest BCUT2D eigenvalue weighted by atomic mass is 32.2. The molecule has 1 aromatic rings. The van der Waals surface area contributed by atoms with Crippen LogP contribution in [0.3, 0.4) is 0 Å². The lowest BCUT2D eigenvalue weighted by atomic mass is 10.3. The summed E-state index contributed by atoms with van der Waals surface area (Å²) < 4.78 is 0. The first-order chi connectivity index (χ1) is 6.75. The van der Waals surface area contributed by atoms with E-state index in [0.29, 0.717) is 0 Å². The van der Waals surface area contributed by atoms with Crippen LogP contribution in [0, 0.1) is 0 Å². The largest absolute Gasteiger partial charge is 0.312 e. The third-order valence-corrected chi connectivity index (χ3v) is 2.56. The lowest BCUT2D eigenvalue weighted by molar-refractivity contribution is -0.116. The summed E-state index contributed by atoms with van der Waals surface area (Å²) in [6.45, 7) is 2.38. The molecule has 0 atom stereocenters. The van der Waals surface area contributed by atoms with Crippen molar-refractivity contribution in [1.82, 2.24) is 0 Å². The zero-order valence-corrected chi connectivity index (χ0v) is 9.38. The molecule has 2 nitrogen and oxygen atoms in total. The maximum atomic E-state index is 11.4. The number of hydrogen-bond donors (Lipinski definition) is 0. The molecule has 1 aromatic carbocycles. The number of benzene rings is 1. The van der Waals surface area contributed by atoms with E-state index in [9.17, 15) is 4.79 Å². The van der Waals surface area contributed by atoms with E-state index < -0.39 is 0 Å². The molecule has 0 spiro atoms. The summed E-state index contributed by atoms with van der Waals surface area (Å²) >= 11 is 1.75. The van der Waals surface area contributed by atoms with Gasteiger partial charge in [0.15, 0.2) is 0 Å². The molecule has 3 heteroatoms. The molecule has 0 aliphatic rings. The van der Waals surface area contributed by atoms with E-state index in [-0.39, 0.29) is 5.91 Å². The molecular weight excluding hydrogens is 194 g/mol. The van der Waals surface area contributed by atoms with Gasteiger partial charge in [-0.1, -0.05) is 18.2 Å². The van der Waals surface area contributed by atoms with Crippen LogP contribution in [0.15, 0.2) is 30.3 Å². The van der Waals surface area contributed by atoms with E-state index in [1.165, 1.54) is 0 Å². The van der Waals surface area contributed by atoms with Gasteiger partial charge >= 0.3 is 0 Å². The number of anilines is 1. The summed E-state index contributed by atoms with van der Waals surface area (Å²) in [5, 5.41) is 0. The predicted octanol–water partition coefficient (Wildman–Crippen LogP) is 2.40. The zero-order chi connectivity index (χ0) is 10.4. The van der Waals surface area contributed by atoms with Crippen LogP contribution in [0.1, 0.15) is 6.92 Å². The summed E-state index contributed by atoms with van der Waals surface area (Å²) in [4.78, 5) is 13.2. The fourth-order valence-electron chi connectivity index (χ4n) is 1.26. The topological polar surface area (TPSA) is 20.3 Å². The summed E-state index contributed by atoms with van der Waals surface area (Å²) in [6.07, 6.45) is 2.04. The molecular formula is C11H15NOS. The van der Waals surface area contributed by atoms with Crippen molar-refractivity contribution < 1.29 is 4.79 Å². The Labute approximate surface area is 89.3 Å². The summed E-state index contributed by atoms with van der Waals surface area (Å²) in [7, 11) is 0. The first-order valence-electron chi connectivity index (χ1n) is 4.58. The summed E-state index contributed by atoms with van der Waals surface area (Å²) in [6, 6.07) is 9.77. The molecule has 0 N–H and O–H groups in total. The highest BCUT2D eigenvalue weighted by molar-refractivity contribution is 7.98. The van der Waals surface area contributed by atoms with E-state index in [0.717, 1.165) is 18.0 Å². The lowest BCUT2D eigenvalue weighted by Gasteiger charge is -2.20. The number of rotatable bonds is 4. The molecule has 0 aliphatic heterocycles. The minimum atomic E-state index is 0.102. The quantitative estimate of drug-likeness (QED) is 0.759. The SMILES string of the molecule is CSCCN(C(C)=O)c1ccccc1. The Balaban J connectivity index is 2.73. The molecule has 76 valence electrons. The van der Waals surface area contributed by atoms with Crippen LogP contribution < -0.4 is 4.90 Å². The Morgan fingerprint density at radius 3 is 2.50 bits per heavy atom. The van der Waals surface area contributed by atoms with Crippen LogP contribution in [0.4, 0.5) is 5.69 Å². The van der Waals surface area contributed by atoms with Gasteiger partial charge in [0.2, 0.25) is 5.91 Å². The second kappa shape index (κ2) is 5.70. The second-order valence-electron chi connectivity index (χ2n) is 3.00. The van der Waals surface area contributed by atoms with Crippen LogP contribution in [-0.2, 0) is 4.79 Å². The van der Waals surface area contributed by atoms with E-state index in [1.807, 2.05) is 36.6 Å². The molecule has 0 saturated carbocycles. The Morgan fingerprint density at radius 1 is 1.36 bits per heavy atom. The Bertz CT molecular complexity index is 287. The van der Waals surface area contributed by atoms with Gasteiger partial charge in [0.1, 0.15) is 0 Å². The molecule has 0 radical (unpaired) electrons. The standard InChI is InChI=1S/C11H15NOS/c1-10(13)12(8-9-14-2)11-6-4-3-5-7-11/h3-7H,8-9H2,1-2H3. The van der Waals surface area contributed by atoms with E-state index >= 15 is 0 Å². The van der Waals surface area contributed by atoms with E-state index in [2.05, 4.69) is 0 Å². The molecule has 0 aromatic heterocycles. The van der Waals surface area contributed by atoms with E-state index in [1.54, 1.807) is 23.6 Å². The number of para-hydroxylation sites is 1. The van der Waals surface area contributed by atoms with Gasteiger partial charge in [-0.3, -0.25) is 4.79 Å². The minimum absolute atomic E-state index is 0.102. The third-order valence-electron chi connectivity index (χ3n) is 1.97. The smallest absolute Gasteiger partial charge is 0.223 e. The second-order valence-corrected chi connectivity index (χ2v) is 3.98. The van der Waals surface area contributed by atoms with Gasteiger partial charge in [-0.05, 0) is 18.4 Å². The maximum absolute atomic E-state index is 11.4. The normalized spacial score (nSPS) is 9.86. The summed E-state index contributed by atoms with van der Waals surface area (Å²) in [5.74, 6) is 1.07. The average molecular weight is 209 g/mol. The lowest BCUT2D eigenvalue weighted by Crippen LogP contribution is -2.30. The number of amides is 1. The number of nitrogens with zero attached hydrogens (tertiary/aromatic N) is 1. The molecule has 14 heavy (non-hydrogen) atoms.